The van der Waals surface area contributed by atoms with Gasteiger partial charge < -0.3 is 15.0 Å². The fraction of sp³-hybridized carbons (Fsp3) is 0.350. The molecule has 7 nitrogen and oxygen atoms in total. The van der Waals surface area contributed by atoms with E-state index >= 15 is 0 Å². The van der Waals surface area contributed by atoms with Crippen molar-refractivity contribution in [3.05, 3.63) is 59.7 Å². The van der Waals surface area contributed by atoms with Gasteiger partial charge in [-0.25, -0.2) is 8.42 Å². The maximum Gasteiger partial charge on any atom is 0.251 e. The summed E-state index contributed by atoms with van der Waals surface area (Å²) < 4.78 is 31.3. The molecule has 0 bridgehead atoms. The number of methoxy groups -OCH3 is 1. The third-order valence-corrected chi connectivity index (χ3v) is 5.66. The average Bonchev–Trinajstić information content (AvgIpc) is 2.68. The summed E-state index contributed by atoms with van der Waals surface area (Å²) >= 11 is 0. The molecule has 2 rings (SSSR count). The number of ether oxygens (including phenoxy) is 1. The largest absolute Gasteiger partial charge is 0.496 e. The molecule has 0 saturated carbocycles. The molecule has 0 fully saturated rings. The molecule has 2 aromatic carbocycles. The lowest BCUT2D eigenvalue weighted by molar-refractivity contribution is 0.0941. The van der Waals surface area contributed by atoms with Crippen molar-refractivity contribution in [1.82, 2.24) is 10.2 Å². The number of anilines is 1. The highest BCUT2D eigenvalue weighted by Gasteiger charge is 2.19. The highest BCUT2D eigenvalue weighted by Crippen LogP contribution is 2.27. The summed E-state index contributed by atoms with van der Waals surface area (Å²) in [6, 6.07) is 14.0. The van der Waals surface area contributed by atoms with Gasteiger partial charge in [0, 0.05) is 23.4 Å². The first kappa shape index (κ1) is 21.7. The van der Waals surface area contributed by atoms with Crippen LogP contribution in [-0.4, -0.2) is 52.7 Å². The van der Waals surface area contributed by atoms with Crippen molar-refractivity contribution in [2.75, 3.05) is 38.2 Å². The Labute approximate surface area is 166 Å². The number of rotatable bonds is 9. The number of benzene rings is 2. The van der Waals surface area contributed by atoms with E-state index in [0.29, 0.717) is 17.8 Å². The second-order valence-electron chi connectivity index (χ2n) is 6.52. The molecule has 2 N–H and O–H groups in total. The number of carbonyl (C=O) groups excluding carboxylic acids is 1. The van der Waals surface area contributed by atoms with Crippen LogP contribution in [0.25, 0.3) is 0 Å². The van der Waals surface area contributed by atoms with E-state index < -0.39 is 10.0 Å². The smallest absolute Gasteiger partial charge is 0.251 e. The SMILES string of the molecule is CCS(=O)(=O)Nc1cccc(C(=O)NC[C@@H](c2ccccc2OC)N(C)C)c1. The van der Waals surface area contributed by atoms with Gasteiger partial charge in [-0.1, -0.05) is 24.3 Å². The minimum atomic E-state index is -3.40. The number of amides is 1. The van der Waals surface area contributed by atoms with Crippen molar-refractivity contribution in [1.29, 1.82) is 0 Å². The van der Waals surface area contributed by atoms with Crippen LogP contribution in [0.1, 0.15) is 28.9 Å². The van der Waals surface area contributed by atoms with Gasteiger partial charge in [-0.15, -0.1) is 0 Å². The van der Waals surface area contributed by atoms with Crippen LogP contribution in [0.3, 0.4) is 0 Å². The van der Waals surface area contributed by atoms with Crippen molar-refractivity contribution in [2.45, 2.75) is 13.0 Å². The minimum absolute atomic E-state index is 0.0349. The van der Waals surface area contributed by atoms with E-state index in [1.54, 1.807) is 32.2 Å². The van der Waals surface area contributed by atoms with Crippen LogP contribution in [0.15, 0.2) is 48.5 Å². The summed E-state index contributed by atoms with van der Waals surface area (Å²) in [5, 5.41) is 2.92. The van der Waals surface area contributed by atoms with Crippen LogP contribution in [0.5, 0.6) is 5.75 Å². The van der Waals surface area contributed by atoms with Crippen LogP contribution in [0, 0.1) is 0 Å². The van der Waals surface area contributed by atoms with Crippen molar-refractivity contribution in [3.63, 3.8) is 0 Å². The average molecular weight is 406 g/mol. The number of para-hydroxylation sites is 1. The Morgan fingerprint density at radius 1 is 1.14 bits per heavy atom. The standard InChI is InChI=1S/C20H27N3O4S/c1-5-28(25,26)22-16-10-8-9-15(13-16)20(24)21-14-18(23(2)3)17-11-6-7-12-19(17)27-4/h6-13,18,22H,5,14H2,1-4H3,(H,21,24)/t18-/m0/s1. The number of hydrogen-bond donors (Lipinski definition) is 2. The summed E-state index contributed by atoms with van der Waals surface area (Å²) in [6.07, 6.45) is 0. The Kier molecular flexibility index (Phi) is 7.42. The molecule has 1 amide bonds. The molecule has 0 spiro atoms. The molecule has 0 saturated heterocycles. The van der Waals surface area contributed by atoms with Crippen LogP contribution in [-0.2, 0) is 10.0 Å². The van der Waals surface area contributed by atoms with Gasteiger partial charge in [-0.05, 0) is 45.3 Å². The zero-order valence-corrected chi connectivity index (χ0v) is 17.4. The molecule has 0 heterocycles. The molecule has 8 heteroatoms. The Balaban J connectivity index is 2.13. The normalized spacial score (nSPS) is 12.5. The molecule has 2 aromatic rings. The lowest BCUT2D eigenvalue weighted by Crippen LogP contribution is -2.34. The van der Waals surface area contributed by atoms with Crippen molar-refractivity contribution >= 4 is 21.6 Å². The fourth-order valence-corrected chi connectivity index (χ4v) is 3.41. The molecule has 152 valence electrons. The Hall–Kier alpha value is -2.58. The molecule has 0 aliphatic carbocycles. The molecule has 0 aromatic heterocycles. The third-order valence-electron chi connectivity index (χ3n) is 4.36. The fourth-order valence-electron chi connectivity index (χ4n) is 2.78. The summed E-state index contributed by atoms with van der Waals surface area (Å²) in [4.78, 5) is 14.6. The second kappa shape index (κ2) is 9.57. The molecule has 0 unspecified atom stereocenters. The zero-order valence-electron chi connectivity index (χ0n) is 16.6. The predicted molar refractivity (Wildman–Crippen MR) is 111 cm³/mol. The van der Waals surface area contributed by atoms with E-state index in [0.717, 1.165) is 11.3 Å². The van der Waals surface area contributed by atoms with E-state index in [9.17, 15) is 13.2 Å². The number of nitrogens with zero attached hydrogens (tertiary/aromatic N) is 1. The lowest BCUT2D eigenvalue weighted by Gasteiger charge is -2.26. The van der Waals surface area contributed by atoms with Gasteiger partial charge >= 0.3 is 0 Å². The van der Waals surface area contributed by atoms with Gasteiger partial charge in [0.05, 0.1) is 18.9 Å². The first-order valence-corrected chi connectivity index (χ1v) is 10.6. The highest BCUT2D eigenvalue weighted by atomic mass is 32.2. The minimum Gasteiger partial charge on any atom is -0.496 e. The summed E-state index contributed by atoms with van der Waals surface area (Å²) in [5.41, 5.74) is 1.72. The second-order valence-corrected chi connectivity index (χ2v) is 8.53. The van der Waals surface area contributed by atoms with E-state index in [2.05, 4.69) is 10.0 Å². The number of nitrogens with one attached hydrogen (secondary N) is 2. The van der Waals surface area contributed by atoms with Crippen molar-refractivity contribution in [3.8, 4) is 5.75 Å². The Morgan fingerprint density at radius 2 is 1.86 bits per heavy atom. The van der Waals surface area contributed by atoms with Crippen LogP contribution in [0.4, 0.5) is 5.69 Å². The number of hydrogen-bond acceptors (Lipinski definition) is 5. The predicted octanol–water partition coefficient (Wildman–Crippen LogP) is 2.49. The quantitative estimate of drug-likeness (QED) is 0.669. The molecule has 0 aliphatic heterocycles. The monoisotopic (exact) mass is 405 g/mol. The maximum absolute atomic E-state index is 12.6. The van der Waals surface area contributed by atoms with Crippen LogP contribution >= 0.6 is 0 Å². The molecule has 0 radical (unpaired) electrons. The number of likely N-dealkylation sites (N-methyl/N-ethyl adjacent to an activating group) is 1. The van der Waals surface area contributed by atoms with E-state index in [-0.39, 0.29) is 17.7 Å². The molecule has 1 atom stereocenters. The zero-order chi connectivity index (χ0) is 20.7. The topological polar surface area (TPSA) is 87.7 Å². The molecular weight excluding hydrogens is 378 g/mol. The number of sulfonamides is 1. The first-order chi connectivity index (χ1) is 13.3. The highest BCUT2D eigenvalue weighted by molar-refractivity contribution is 7.92. The van der Waals surface area contributed by atoms with Crippen LogP contribution in [0.2, 0.25) is 0 Å². The summed E-state index contributed by atoms with van der Waals surface area (Å²) in [5.74, 6) is 0.443. The number of carbonyl (C=O) groups is 1. The van der Waals surface area contributed by atoms with Gasteiger partial charge in [0.2, 0.25) is 10.0 Å². The summed E-state index contributed by atoms with van der Waals surface area (Å²) in [6.45, 7) is 1.93. The Morgan fingerprint density at radius 3 is 2.50 bits per heavy atom. The molecule has 28 heavy (non-hydrogen) atoms. The van der Waals surface area contributed by atoms with Gasteiger partial charge in [-0.2, -0.15) is 0 Å². The van der Waals surface area contributed by atoms with Crippen LogP contribution < -0.4 is 14.8 Å². The molecule has 0 aliphatic rings. The van der Waals surface area contributed by atoms with Crippen molar-refractivity contribution < 1.29 is 17.9 Å². The van der Waals surface area contributed by atoms with E-state index in [4.69, 9.17) is 4.74 Å². The van der Waals surface area contributed by atoms with E-state index in [1.807, 2.05) is 43.3 Å². The maximum atomic E-state index is 12.6. The van der Waals surface area contributed by atoms with E-state index in [1.165, 1.54) is 6.07 Å². The van der Waals surface area contributed by atoms with Gasteiger partial charge in [0.1, 0.15) is 5.75 Å². The molecular formula is C20H27N3O4S. The lowest BCUT2D eigenvalue weighted by atomic mass is 10.0. The summed E-state index contributed by atoms with van der Waals surface area (Å²) in [7, 11) is 2.09. The van der Waals surface area contributed by atoms with Gasteiger partial charge in [0.25, 0.3) is 5.91 Å². The van der Waals surface area contributed by atoms with Gasteiger partial charge in [0.15, 0.2) is 0 Å². The Bertz CT molecular complexity index is 913. The third kappa shape index (κ3) is 5.71. The first-order valence-electron chi connectivity index (χ1n) is 8.95. The van der Waals surface area contributed by atoms with Crippen molar-refractivity contribution in [2.24, 2.45) is 0 Å². The van der Waals surface area contributed by atoms with Gasteiger partial charge in [-0.3, -0.25) is 9.52 Å².